The Morgan fingerprint density at radius 1 is 1.12 bits per heavy atom. The molecule has 2 aliphatic rings. The molecule has 1 aromatic carbocycles. The van der Waals surface area contributed by atoms with Crippen molar-refractivity contribution in [2.45, 2.75) is 32.8 Å². The molecule has 0 aromatic heterocycles. The number of amides is 1. The molecular formula is C20H31N3O3. The van der Waals surface area contributed by atoms with E-state index in [0.29, 0.717) is 31.7 Å². The van der Waals surface area contributed by atoms with Crippen LogP contribution in [0.5, 0.6) is 5.75 Å². The van der Waals surface area contributed by atoms with Crippen molar-refractivity contribution in [1.82, 2.24) is 10.2 Å². The maximum absolute atomic E-state index is 12.0. The first-order chi connectivity index (χ1) is 12.6. The van der Waals surface area contributed by atoms with Gasteiger partial charge in [-0.25, -0.2) is 4.79 Å². The lowest BCUT2D eigenvalue weighted by Gasteiger charge is -2.35. The average molecular weight is 361 g/mol. The monoisotopic (exact) mass is 361 g/mol. The van der Waals surface area contributed by atoms with E-state index in [0.717, 1.165) is 44.8 Å². The Balaban J connectivity index is 1.46. The summed E-state index contributed by atoms with van der Waals surface area (Å²) in [6.07, 6.45) is 2.26. The van der Waals surface area contributed by atoms with Crippen LogP contribution in [0.3, 0.4) is 0 Å². The predicted octanol–water partition coefficient (Wildman–Crippen LogP) is 2.73. The van der Waals surface area contributed by atoms with Crippen LogP contribution in [-0.4, -0.2) is 63.0 Å². The van der Waals surface area contributed by atoms with Gasteiger partial charge in [-0.15, -0.1) is 0 Å². The second-order valence-corrected chi connectivity index (χ2v) is 7.51. The van der Waals surface area contributed by atoms with Crippen molar-refractivity contribution in [3.8, 4) is 5.75 Å². The molecule has 1 amide bonds. The number of carbonyl (C=O) groups is 1. The number of hydrogen-bond donors (Lipinski definition) is 1. The van der Waals surface area contributed by atoms with E-state index in [1.54, 1.807) is 4.90 Å². The Morgan fingerprint density at radius 3 is 2.38 bits per heavy atom. The minimum atomic E-state index is -0.191. The van der Waals surface area contributed by atoms with Crippen LogP contribution in [0.4, 0.5) is 10.5 Å². The molecule has 2 heterocycles. The number of ether oxygens (including phenoxy) is 2. The molecule has 2 fully saturated rings. The highest BCUT2D eigenvalue weighted by Crippen LogP contribution is 2.23. The minimum Gasteiger partial charge on any atom is -0.490 e. The maximum Gasteiger partial charge on any atom is 0.409 e. The Kier molecular flexibility index (Phi) is 6.61. The fourth-order valence-electron chi connectivity index (χ4n) is 3.32. The summed E-state index contributed by atoms with van der Waals surface area (Å²) in [6.45, 7) is 9.69. The summed E-state index contributed by atoms with van der Waals surface area (Å²) in [6, 6.07) is 8.34. The largest absolute Gasteiger partial charge is 0.490 e. The number of rotatable bonds is 5. The molecular weight excluding hydrogens is 330 g/mol. The molecule has 0 bridgehead atoms. The third-order valence-corrected chi connectivity index (χ3v) is 4.87. The number of benzene rings is 1. The van der Waals surface area contributed by atoms with Crippen molar-refractivity contribution in [2.24, 2.45) is 5.92 Å². The molecule has 0 atom stereocenters. The summed E-state index contributed by atoms with van der Waals surface area (Å²) in [5.74, 6) is 1.31. The van der Waals surface area contributed by atoms with Gasteiger partial charge < -0.3 is 24.6 Å². The van der Waals surface area contributed by atoms with Gasteiger partial charge in [0.2, 0.25) is 0 Å². The summed E-state index contributed by atoms with van der Waals surface area (Å²) in [4.78, 5) is 16.1. The van der Waals surface area contributed by atoms with Gasteiger partial charge in [-0.05, 0) is 56.1 Å². The molecule has 1 N–H and O–H groups in total. The van der Waals surface area contributed by atoms with Crippen molar-refractivity contribution in [1.29, 1.82) is 0 Å². The van der Waals surface area contributed by atoms with Gasteiger partial charge in [0.25, 0.3) is 0 Å². The predicted molar refractivity (Wildman–Crippen MR) is 103 cm³/mol. The second-order valence-electron chi connectivity index (χ2n) is 7.51. The van der Waals surface area contributed by atoms with Gasteiger partial charge in [-0.1, -0.05) is 13.8 Å². The summed E-state index contributed by atoms with van der Waals surface area (Å²) in [5.41, 5.74) is 1.18. The topological polar surface area (TPSA) is 54.0 Å². The summed E-state index contributed by atoms with van der Waals surface area (Å²) >= 11 is 0. The minimum absolute atomic E-state index is 0.191. The molecule has 0 aliphatic carbocycles. The lowest BCUT2D eigenvalue weighted by molar-refractivity contribution is 0.0901. The van der Waals surface area contributed by atoms with Crippen LogP contribution in [0, 0.1) is 5.92 Å². The number of piperidine rings is 1. The van der Waals surface area contributed by atoms with Crippen LogP contribution >= 0.6 is 0 Å². The fourth-order valence-corrected chi connectivity index (χ4v) is 3.32. The number of nitrogens with zero attached hydrogens (tertiary/aromatic N) is 2. The van der Waals surface area contributed by atoms with Crippen LogP contribution in [0.1, 0.15) is 26.7 Å². The highest BCUT2D eigenvalue weighted by atomic mass is 16.6. The number of nitrogens with one attached hydrogen (secondary N) is 1. The van der Waals surface area contributed by atoms with Crippen LogP contribution in [0.25, 0.3) is 0 Å². The molecule has 0 saturated carbocycles. The second kappa shape index (κ2) is 9.12. The van der Waals surface area contributed by atoms with Crippen LogP contribution in [0.2, 0.25) is 0 Å². The van der Waals surface area contributed by atoms with E-state index in [2.05, 4.69) is 34.5 Å². The third-order valence-electron chi connectivity index (χ3n) is 4.87. The smallest absolute Gasteiger partial charge is 0.409 e. The van der Waals surface area contributed by atoms with Gasteiger partial charge >= 0.3 is 6.09 Å². The van der Waals surface area contributed by atoms with E-state index in [1.807, 2.05) is 13.8 Å². The molecule has 6 nitrogen and oxygen atoms in total. The van der Waals surface area contributed by atoms with E-state index in [-0.39, 0.29) is 6.09 Å². The number of anilines is 1. The highest BCUT2D eigenvalue weighted by molar-refractivity contribution is 5.68. The zero-order valence-corrected chi connectivity index (χ0v) is 15.9. The lowest BCUT2D eigenvalue weighted by atomic mass is 10.1. The Morgan fingerprint density at radius 2 is 1.77 bits per heavy atom. The van der Waals surface area contributed by atoms with E-state index in [4.69, 9.17) is 9.47 Å². The van der Waals surface area contributed by atoms with Crippen molar-refractivity contribution in [2.75, 3.05) is 50.8 Å². The molecule has 0 radical (unpaired) electrons. The molecule has 1 aromatic rings. The zero-order valence-electron chi connectivity index (χ0n) is 15.9. The number of piperazine rings is 1. The molecule has 0 spiro atoms. The maximum atomic E-state index is 12.0. The van der Waals surface area contributed by atoms with Crippen LogP contribution in [-0.2, 0) is 4.74 Å². The van der Waals surface area contributed by atoms with Gasteiger partial charge in [0, 0.05) is 31.9 Å². The van der Waals surface area contributed by atoms with Crippen molar-refractivity contribution >= 4 is 11.8 Å². The Hall–Kier alpha value is -1.95. The first-order valence-corrected chi connectivity index (χ1v) is 9.76. The van der Waals surface area contributed by atoms with Crippen molar-refractivity contribution in [3.05, 3.63) is 24.3 Å². The fraction of sp³-hybridized carbons (Fsp3) is 0.650. The number of carbonyl (C=O) groups excluding carboxylic acids is 1. The highest BCUT2D eigenvalue weighted by Gasteiger charge is 2.22. The van der Waals surface area contributed by atoms with E-state index in [9.17, 15) is 4.79 Å². The normalized spacial score (nSPS) is 18.9. The lowest BCUT2D eigenvalue weighted by Crippen LogP contribution is -2.49. The van der Waals surface area contributed by atoms with E-state index < -0.39 is 0 Å². The first kappa shape index (κ1) is 18.8. The molecule has 26 heavy (non-hydrogen) atoms. The first-order valence-electron chi connectivity index (χ1n) is 9.76. The van der Waals surface area contributed by atoms with Gasteiger partial charge in [0.1, 0.15) is 11.9 Å². The van der Waals surface area contributed by atoms with E-state index in [1.165, 1.54) is 5.69 Å². The molecule has 0 unspecified atom stereocenters. The molecule has 2 aliphatic heterocycles. The molecule has 3 rings (SSSR count). The quantitative estimate of drug-likeness (QED) is 0.874. The number of hydrogen-bond acceptors (Lipinski definition) is 5. The van der Waals surface area contributed by atoms with Gasteiger partial charge in [-0.2, -0.15) is 0 Å². The van der Waals surface area contributed by atoms with Crippen molar-refractivity contribution < 1.29 is 14.3 Å². The SMILES string of the molecule is CC(C)COC(=O)N1CCN(c2ccc(OC3CCNCC3)cc2)CC1. The van der Waals surface area contributed by atoms with Gasteiger partial charge in [0.05, 0.1) is 6.61 Å². The van der Waals surface area contributed by atoms with Crippen LogP contribution < -0.4 is 15.0 Å². The third kappa shape index (κ3) is 5.27. The molecule has 6 heteroatoms. The summed E-state index contributed by atoms with van der Waals surface area (Å²) in [7, 11) is 0. The van der Waals surface area contributed by atoms with E-state index >= 15 is 0 Å². The summed E-state index contributed by atoms with van der Waals surface area (Å²) < 4.78 is 11.4. The molecule has 144 valence electrons. The van der Waals surface area contributed by atoms with Gasteiger partial charge in [0.15, 0.2) is 0 Å². The van der Waals surface area contributed by atoms with Crippen molar-refractivity contribution in [3.63, 3.8) is 0 Å². The average Bonchev–Trinajstić information content (AvgIpc) is 2.68. The Bertz CT molecular complexity index is 562. The zero-order chi connectivity index (χ0) is 18.4. The van der Waals surface area contributed by atoms with Gasteiger partial charge in [-0.3, -0.25) is 0 Å². The summed E-state index contributed by atoms with van der Waals surface area (Å²) in [5, 5.41) is 3.35. The Labute approximate surface area is 156 Å². The standard InChI is InChI=1S/C20H31N3O3/c1-16(2)15-25-20(24)23-13-11-22(12-14-23)17-3-5-18(6-4-17)26-19-7-9-21-10-8-19/h3-6,16,19,21H,7-15H2,1-2H3. The van der Waals surface area contributed by atoms with Crippen LogP contribution in [0.15, 0.2) is 24.3 Å². The molecule has 2 saturated heterocycles.